The maximum absolute atomic E-state index is 9.57. The van der Waals surface area contributed by atoms with Gasteiger partial charge in [-0.25, -0.2) is 0 Å². The lowest BCUT2D eigenvalue weighted by molar-refractivity contribution is -0.107. The van der Waals surface area contributed by atoms with Crippen molar-refractivity contribution in [2.24, 2.45) is 0 Å². The summed E-state index contributed by atoms with van der Waals surface area (Å²) < 4.78 is 0. The molecule has 0 heterocycles. The highest BCUT2D eigenvalue weighted by Gasteiger charge is 1.83. The monoisotopic (exact) mass is 100 g/mol. The standard InChI is InChI=1S/C5H8O2/c1-2-5(7)3-4-6/h2,4,7H,3H2,1H3/b5-2+. The van der Waals surface area contributed by atoms with Gasteiger partial charge in [0.25, 0.3) is 0 Å². The summed E-state index contributed by atoms with van der Waals surface area (Å²) in [6, 6.07) is 0. The Balaban J connectivity index is 3.36. The van der Waals surface area contributed by atoms with Crippen molar-refractivity contribution in [2.45, 2.75) is 13.3 Å². The van der Waals surface area contributed by atoms with Crippen molar-refractivity contribution in [3.63, 3.8) is 0 Å². The van der Waals surface area contributed by atoms with Gasteiger partial charge >= 0.3 is 0 Å². The van der Waals surface area contributed by atoms with Crippen molar-refractivity contribution >= 4 is 6.29 Å². The molecule has 0 spiro atoms. The lowest BCUT2D eigenvalue weighted by Crippen LogP contribution is -1.78. The zero-order valence-corrected chi connectivity index (χ0v) is 4.22. The fourth-order valence-electron chi connectivity index (χ4n) is 0.203. The molecule has 0 bridgehead atoms. The number of rotatable bonds is 2. The number of aldehydes is 1. The molecular weight excluding hydrogens is 92.1 g/mol. The SMILES string of the molecule is C/C=C(/O)CC=O. The van der Waals surface area contributed by atoms with Crippen LogP contribution >= 0.6 is 0 Å². The molecule has 40 valence electrons. The van der Waals surface area contributed by atoms with Crippen LogP contribution in [-0.2, 0) is 4.79 Å². The van der Waals surface area contributed by atoms with Gasteiger partial charge in [-0.2, -0.15) is 0 Å². The van der Waals surface area contributed by atoms with Gasteiger partial charge in [0, 0.05) is 0 Å². The fraction of sp³-hybridized carbons (Fsp3) is 0.400. The summed E-state index contributed by atoms with van der Waals surface area (Å²) in [5, 5.41) is 8.49. The minimum Gasteiger partial charge on any atom is -0.512 e. The first kappa shape index (κ1) is 6.21. The van der Waals surface area contributed by atoms with Crippen molar-refractivity contribution in [2.75, 3.05) is 0 Å². The Bertz CT molecular complexity index is 84.1. The highest BCUT2D eigenvalue weighted by molar-refractivity contribution is 5.52. The maximum atomic E-state index is 9.57. The van der Waals surface area contributed by atoms with E-state index >= 15 is 0 Å². The fourth-order valence-corrected chi connectivity index (χ4v) is 0.203. The van der Waals surface area contributed by atoms with Crippen LogP contribution in [0.25, 0.3) is 0 Å². The molecule has 2 heteroatoms. The van der Waals surface area contributed by atoms with Crippen LogP contribution in [0.4, 0.5) is 0 Å². The second-order valence-electron chi connectivity index (χ2n) is 1.15. The first-order valence-electron chi connectivity index (χ1n) is 2.09. The van der Waals surface area contributed by atoms with Crippen molar-refractivity contribution in [1.29, 1.82) is 0 Å². The second kappa shape index (κ2) is 3.40. The summed E-state index contributed by atoms with van der Waals surface area (Å²) in [6.07, 6.45) is 2.29. The molecule has 0 saturated heterocycles. The lowest BCUT2D eigenvalue weighted by Gasteiger charge is -1.84. The summed E-state index contributed by atoms with van der Waals surface area (Å²) in [5.41, 5.74) is 0. The van der Waals surface area contributed by atoms with E-state index in [1.165, 1.54) is 6.08 Å². The summed E-state index contributed by atoms with van der Waals surface area (Å²) in [7, 11) is 0. The average molecular weight is 100 g/mol. The molecule has 0 aromatic carbocycles. The van der Waals surface area contributed by atoms with Crippen LogP contribution in [0, 0.1) is 0 Å². The third-order valence-electron chi connectivity index (χ3n) is 0.626. The van der Waals surface area contributed by atoms with Crippen molar-refractivity contribution in [1.82, 2.24) is 0 Å². The lowest BCUT2D eigenvalue weighted by atomic mass is 10.4. The third-order valence-corrected chi connectivity index (χ3v) is 0.626. The quantitative estimate of drug-likeness (QED) is 0.415. The Morgan fingerprint density at radius 3 is 2.57 bits per heavy atom. The van der Waals surface area contributed by atoms with Crippen molar-refractivity contribution in [3.8, 4) is 0 Å². The topological polar surface area (TPSA) is 37.3 Å². The normalized spacial score (nSPS) is 11.3. The van der Waals surface area contributed by atoms with Crippen LogP contribution in [0.3, 0.4) is 0 Å². The molecule has 0 aliphatic rings. The molecule has 0 amide bonds. The molecule has 0 aromatic heterocycles. The number of aliphatic hydroxyl groups excluding tert-OH is 1. The van der Waals surface area contributed by atoms with Gasteiger partial charge in [-0.05, 0) is 13.0 Å². The van der Waals surface area contributed by atoms with E-state index in [2.05, 4.69) is 0 Å². The van der Waals surface area contributed by atoms with E-state index in [4.69, 9.17) is 5.11 Å². The number of carbonyl (C=O) groups excluding carboxylic acids is 1. The van der Waals surface area contributed by atoms with Crippen molar-refractivity contribution in [3.05, 3.63) is 11.8 Å². The molecule has 7 heavy (non-hydrogen) atoms. The summed E-state index contributed by atoms with van der Waals surface area (Å²) in [4.78, 5) is 9.57. The van der Waals surface area contributed by atoms with Gasteiger partial charge in [-0.1, -0.05) is 0 Å². The summed E-state index contributed by atoms with van der Waals surface area (Å²) >= 11 is 0. The van der Waals surface area contributed by atoms with Crippen LogP contribution in [0.1, 0.15) is 13.3 Å². The molecule has 0 rings (SSSR count). The predicted octanol–water partition coefficient (Wildman–Crippen LogP) is 1.04. The van der Waals surface area contributed by atoms with E-state index in [9.17, 15) is 4.79 Å². The molecule has 0 atom stereocenters. The number of allylic oxidation sites excluding steroid dienone is 2. The van der Waals surface area contributed by atoms with E-state index in [0.717, 1.165) is 0 Å². The average Bonchev–Trinajstić information content (AvgIpc) is 1.68. The molecule has 0 aromatic rings. The van der Waals surface area contributed by atoms with Gasteiger partial charge in [0.15, 0.2) is 0 Å². The van der Waals surface area contributed by atoms with E-state index in [1.54, 1.807) is 6.92 Å². The van der Waals surface area contributed by atoms with E-state index in [-0.39, 0.29) is 12.2 Å². The van der Waals surface area contributed by atoms with Gasteiger partial charge in [0.2, 0.25) is 0 Å². The molecule has 0 unspecified atom stereocenters. The van der Waals surface area contributed by atoms with E-state index in [0.29, 0.717) is 6.29 Å². The molecular formula is C5H8O2. The first-order valence-corrected chi connectivity index (χ1v) is 2.09. The van der Waals surface area contributed by atoms with Crippen LogP contribution in [0.15, 0.2) is 11.8 Å². The van der Waals surface area contributed by atoms with Crippen LogP contribution < -0.4 is 0 Å². The van der Waals surface area contributed by atoms with E-state index in [1.807, 2.05) is 0 Å². The largest absolute Gasteiger partial charge is 0.512 e. The predicted molar refractivity (Wildman–Crippen MR) is 27.1 cm³/mol. The molecule has 0 saturated carbocycles. The number of aliphatic hydroxyl groups is 1. The van der Waals surface area contributed by atoms with Gasteiger partial charge in [-0.3, -0.25) is 0 Å². The highest BCUT2D eigenvalue weighted by Crippen LogP contribution is 1.88. The zero-order valence-electron chi connectivity index (χ0n) is 4.22. The smallest absolute Gasteiger partial charge is 0.127 e. The Hall–Kier alpha value is -0.790. The van der Waals surface area contributed by atoms with Gasteiger partial charge in [0.1, 0.15) is 6.29 Å². The van der Waals surface area contributed by atoms with Gasteiger partial charge in [0.05, 0.1) is 12.2 Å². The Kier molecular flexibility index (Phi) is 3.02. The number of hydrogen-bond donors (Lipinski definition) is 1. The third kappa shape index (κ3) is 3.03. The highest BCUT2D eigenvalue weighted by atomic mass is 16.3. The minimum absolute atomic E-state index is 0.134. The molecule has 0 aliphatic carbocycles. The van der Waals surface area contributed by atoms with Crippen LogP contribution in [-0.4, -0.2) is 11.4 Å². The summed E-state index contributed by atoms with van der Waals surface area (Å²) in [6.45, 7) is 1.68. The molecule has 0 aliphatic heterocycles. The van der Waals surface area contributed by atoms with Gasteiger partial charge in [-0.15, -0.1) is 0 Å². The summed E-state index contributed by atoms with van der Waals surface area (Å²) in [5.74, 6) is 0.134. The number of hydrogen-bond acceptors (Lipinski definition) is 2. The molecule has 0 fully saturated rings. The zero-order chi connectivity index (χ0) is 5.70. The van der Waals surface area contributed by atoms with Crippen LogP contribution in [0.5, 0.6) is 0 Å². The Labute approximate surface area is 42.5 Å². The Morgan fingerprint density at radius 2 is 2.43 bits per heavy atom. The van der Waals surface area contributed by atoms with Crippen LogP contribution in [0.2, 0.25) is 0 Å². The molecule has 1 N–H and O–H groups in total. The van der Waals surface area contributed by atoms with Crippen molar-refractivity contribution < 1.29 is 9.90 Å². The molecule has 0 radical (unpaired) electrons. The second-order valence-corrected chi connectivity index (χ2v) is 1.15. The molecule has 2 nitrogen and oxygen atoms in total. The Morgan fingerprint density at radius 1 is 1.86 bits per heavy atom. The van der Waals surface area contributed by atoms with Gasteiger partial charge < -0.3 is 9.90 Å². The van der Waals surface area contributed by atoms with E-state index < -0.39 is 0 Å². The maximum Gasteiger partial charge on any atom is 0.127 e. The number of carbonyl (C=O) groups is 1. The minimum atomic E-state index is 0.134. The first-order chi connectivity index (χ1) is 3.31.